The summed E-state index contributed by atoms with van der Waals surface area (Å²) in [6.07, 6.45) is 28.4. The molecule has 0 heterocycles. The van der Waals surface area contributed by atoms with Crippen LogP contribution in [0.5, 0.6) is 0 Å². The fraction of sp³-hybridized carbons (Fsp3) is 0.842. The lowest BCUT2D eigenvalue weighted by Gasteiger charge is -2.25. The van der Waals surface area contributed by atoms with Crippen molar-refractivity contribution >= 4 is 19.8 Å². The highest BCUT2D eigenvalue weighted by molar-refractivity contribution is 7.48. The molecule has 0 fully saturated rings. The third-order valence-electron chi connectivity index (χ3n) is 7.73. The summed E-state index contributed by atoms with van der Waals surface area (Å²) in [5.74, 6) is -0.738. The summed E-state index contributed by atoms with van der Waals surface area (Å²) in [6, 6.07) is 0. The Morgan fingerprint density at radius 3 is 1.58 bits per heavy atom. The smallest absolute Gasteiger partial charge is 0.462 e. The summed E-state index contributed by atoms with van der Waals surface area (Å²) < 4.78 is 41.4. The van der Waals surface area contributed by atoms with Gasteiger partial charge in [-0.2, -0.15) is 0 Å². The van der Waals surface area contributed by atoms with Gasteiger partial charge in [0, 0.05) is 12.8 Å². The predicted molar refractivity (Wildman–Crippen MR) is 197 cm³/mol. The molecular weight excluding hydrogens is 629 g/mol. The molecule has 10 heteroatoms. The fourth-order valence-electron chi connectivity index (χ4n) is 4.73. The number of carbonyl (C=O) groups excluding carboxylic acids is 2. The molecule has 2 atom stereocenters. The van der Waals surface area contributed by atoms with E-state index in [2.05, 4.69) is 38.2 Å². The lowest BCUT2D eigenvalue weighted by atomic mass is 10.1. The second-order valence-corrected chi connectivity index (χ2v) is 15.3. The van der Waals surface area contributed by atoms with Crippen LogP contribution < -0.4 is 0 Å². The summed E-state index contributed by atoms with van der Waals surface area (Å²) in [5.41, 5.74) is 0. The van der Waals surface area contributed by atoms with E-state index in [0.717, 1.165) is 77.0 Å². The van der Waals surface area contributed by atoms with Crippen LogP contribution in [0.2, 0.25) is 0 Å². The lowest BCUT2D eigenvalue weighted by Crippen LogP contribution is -2.37. The van der Waals surface area contributed by atoms with Gasteiger partial charge in [-0.1, -0.05) is 102 Å². The molecule has 0 aliphatic heterocycles. The van der Waals surface area contributed by atoms with Crippen molar-refractivity contribution in [2.24, 2.45) is 0 Å². The van der Waals surface area contributed by atoms with Gasteiger partial charge in [-0.3, -0.25) is 23.2 Å². The number of allylic oxidation sites excluding steroid dienone is 4. The first-order valence-electron chi connectivity index (χ1n) is 19.0. The number of phosphoric ester groups is 1. The van der Waals surface area contributed by atoms with E-state index < -0.39 is 19.9 Å². The zero-order valence-electron chi connectivity index (χ0n) is 31.7. The molecular formula is C38H73NO8P+. The predicted octanol–water partition coefficient (Wildman–Crippen LogP) is 10.3. The largest absolute Gasteiger partial charge is 0.475 e. The summed E-state index contributed by atoms with van der Waals surface area (Å²) in [5, 5.41) is 0. The average molecular weight is 703 g/mol. The number of esters is 2. The summed E-state index contributed by atoms with van der Waals surface area (Å²) in [4.78, 5) is 25.2. The quantitative estimate of drug-likeness (QED) is 0.0215. The second kappa shape index (κ2) is 31.5. The van der Waals surface area contributed by atoms with Crippen molar-refractivity contribution in [1.82, 2.24) is 0 Å². The molecule has 0 N–H and O–H groups in total. The third-order valence-corrected chi connectivity index (χ3v) is 9.27. The van der Waals surface area contributed by atoms with Crippen LogP contribution in [0.15, 0.2) is 24.3 Å². The van der Waals surface area contributed by atoms with Gasteiger partial charge < -0.3 is 14.0 Å². The van der Waals surface area contributed by atoms with Gasteiger partial charge in [0.15, 0.2) is 6.10 Å². The monoisotopic (exact) mass is 703 g/mol. The number of likely N-dealkylation sites (N-methyl/N-ethyl adjacent to an activating group) is 1. The van der Waals surface area contributed by atoms with E-state index in [-0.39, 0.29) is 38.8 Å². The molecule has 0 rings (SSSR count). The number of hydrogen-bond donors (Lipinski definition) is 0. The Labute approximate surface area is 294 Å². The number of quaternary nitrogens is 1. The van der Waals surface area contributed by atoms with Crippen molar-refractivity contribution in [3.8, 4) is 0 Å². The molecule has 0 aromatic heterocycles. The Bertz CT molecular complexity index is 886. The van der Waals surface area contributed by atoms with Crippen molar-refractivity contribution < 1.29 is 41.7 Å². The molecule has 0 aromatic carbocycles. The number of ether oxygens (including phenoxy) is 2. The van der Waals surface area contributed by atoms with Gasteiger partial charge in [0.05, 0.1) is 34.4 Å². The van der Waals surface area contributed by atoms with Gasteiger partial charge in [-0.05, 0) is 58.3 Å². The second-order valence-electron chi connectivity index (χ2n) is 13.6. The van der Waals surface area contributed by atoms with Crippen molar-refractivity contribution in [2.75, 3.05) is 54.1 Å². The van der Waals surface area contributed by atoms with Crippen LogP contribution in [-0.2, 0) is 37.2 Å². The van der Waals surface area contributed by atoms with E-state index in [1.165, 1.54) is 38.5 Å². The standard InChI is InChI=1S/C38H73NO8P/c1-7-10-12-14-16-18-20-22-24-26-28-30-37(40)43-34-36(35-46-48(42,44-9-3)45-33-32-39(4,5)6)47-38(41)31-29-27-25-23-21-19-17-15-13-11-8-2/h14-17,36H,7-13,18-35H2,1-6H3/q+1/b16-14+,17-15+/t36-,48?/m1/s1. The minimum atomic E-state index is -3.89. The third kappa shape index (κ3) is 31.7. The normalized spacial score (nSPS) is 14.0. The Morgan fingerprint density at radius 2 is 1.08 bits per heavy atom. The minimum absolute atomic E-state index is 0.131. The fourth-order valence-corrected chi connectivity index (χ4v) is 5.92. The van der Waals surface area contributed by atoms with E-state index in [1.54, 1.807) is 6.92 Å². The van der Waals surface area contributed by atoms with Crippen LogP contribution in [0, 0.1) is 0 Å². The highest BCUT2D eigenvalue weighted by Gasteiger charge is 2.30. The molecule has 0 radical (unpaired) electrons. The van der Waals surface area contributed by atoms with Crippen LogP contribution in [0.1, 0.15) is 149 Å². The molecule has 282 valence electrons. The van der Waals surface area contributed by atoms with E-state index in [9.17, 15) is 14.2 Å². The van der Waals surface area contributed by atoms with E-state index in [4.69, 9.17) is 23.0 Å². The van der Waals surface area contributed by atoms with Gasteiger partial charge in [-0.25, -0.2) is 4.57 Å². The average Bonchev–Trinajstić information content (AvgIpc) is 3.03. The molecule has 1 unspecified atom stereocenters. The topological polar surface area (TPSA) is 97.4 Å². The van der Waals surface area contributed by atoms with Crippen LogP contribution in [0.4, 0.5) is 0 Å². The zero-order chi connectivity index (χ0) is 35.8. The molecule has 0 aromatic rings. The summed E-state index contributed by atoms with van der Waals surface area (Å²) in [7, 11) is 2.11. The highest BCUT2D eigenvalue weighted by Crippen LogP contribution is 2.49. The Balaban J connectivity index is 4.71. The van der Waals surface area contributed by atoms with Crippen LogP contribution in [0.3, 0.4) is 0 Å². The van der Waals surface area contributed by atoms with Gasteiger partial charge in [0.2, 0.25) is 0 Å². The van der Waals surface area contributed by atoms with Crippen molar-refractivity contribution in [3.63, 3.8) is 0 Å². The summed E-state index contributed by atoms with van der Waals surface area (Å²) in [6.45, 7) is 6.58. The Hall–Kier alpha value is -1.51. The molecule has 0 saturated carbocycles. The van der Waals surface area contributed by atoms with Gasteiger partial charge in [-0.15, -0.1) is 0 Å². The van der Waals surface area contributed by atoms with Crippen molar-refractivity contribution in [1.29, 1.82) is 0 Å². The molecule has 0 amide bonds. The summed E-state index contributed by atoms with van der Waals surface area (Å²) >= 11 is 0. The molecule has 0 saturated heterocycles. The van der Waals surface area contributed by atoms with Crippen molar-refractivity contribution in [3.05, 3.63) is 24.3 Å². The van der Waals surface area contributed by atoms with Crippen molar-refractivity contribution in [2.45, 2.75) is 155 Å². The maximum atomic E-state index is 13.2. The SMILES string of the molecule is CCCC/C=C/CCCCCCCC(=O)OC[C@H](COP(=O)(OCC)OCC[N+](C)(C)C)OC(=O)CCCCCCC/C=C/CCCC. The molecule has 9 nitrogen and oxygen atoms in total. The zero-order valence-corrected chi connectivity index (χ0v) is 32.6. The van der Waals surface area contributed by atoms with Crippen LogP contribution in [0.25, 0.3) is 0 Å². The maximum absolute atomic E-state index is 13.2. The molecule has 0 aliphatic rings. The highest BCUT2D eigenvalue weighted by atomic mass is 31.2. The van der Waals surface area contributed by atoms with E-state index in [0.29, 0.717) is 17.4 Å². The van der Waals surface area contributed by atoms with Gasteiger partial charge in [0.1, 0.15) is 19.8 Å². The van der Waals surface area contributed by atoms with Crippen LogP contribution >= 0.6 is 7.82 Å². The number of carbonyl (C=O) groups is 2. The first-order valence-corrected chi connectivity index (χ1v) is 20.5. The van der Waals surface area contributed by atoms with Crippen LogP contribution in [-0.4, -0.2) is 76.6 Å². The van der Waals surface area contributed by atoms with E-state index >= 15 is 0 Å². The lowest BCUT2D eigenvalue weighted by molar-refractivity contribution is -0.870. The molecule has 0 aliphatic carbocycles. The van der Waals surface area contributed by atoms with Gasteiger partial charge >= 0.3 is 19.8 Å². The molecule has 48 heavy (non-hydrogen) atoms. The number of phosphoric acid groups is 1. The first-order chi connectivity index (χ1) is 23.0. The van der Waals surface area contributed by atoms with E-state index in [1.807, 2.05) is 21.1 Å². The number of hydrogen-bond acceptors (Lipinski definition) is 8. The first kappa shape index (κ1) is 46.5. The molecule has 0 spiro atoms. The maximum Gasteiger partial charge on any atom is 0.475 e. The number of nitrogens with zero attached hydrogens (tertiary/aromatic N) is 1. The number of unbranched alkanes of at least 4 members (excludes halogenated alkanes) is 14. The Kier molecular flexibility index (Phi) is 30.5. The molecule has 0 bridgehead atoms. The minimum Gasteiger partial charge on any atom is -0.462 e. The number of rotatable bonds is 34. The van der Waals surface area contributed by atoms with Gasteiger partial charge in [0.25, 0.3) is 0 Å². The Morgan fingerprint density at radius 1 is 0.604 bits per heavy atom.